The second-order valence-corrected chi connectivity index (χ2v) is 11.2. The van der Waals surface area contributed by atoms with Gasteiger partial charge < -0.3 is 19.3 Å². The van der Waals surface area contributed by atoms with E-state index in [4.69, 9.17) is 14.2 Å². The van der Waals surface area contributed by atoms with E-state index in [1.165, 1.54) is 25.2 Å². The molecule has 6 unspecified atom stereocenters. The number of carbonyl (C=O) groups excluding carboxylic acids is 5. The third-order valence-electron chi connectivity index (χ3n) is 9.48. The normalized spacial score (nSPS) is 30.0. The van der Waals surface area contributed by atoms with Crippen molar-refractivity contribution < 1.29 is 43.3 Å². The van der Waals surface area contributed by atoms with Crippen LogP contribution in [0.3, 0.4) is 0 Å². The minimum atomic E-state index is -1.38. The van der Waals surface area contributed by atoms with Crippen LogP contribution in [0.1, 0.15) is 31.2 Å². The number of carbonyl (C=O) groups is 5. The fourth-order valence-corrected chi connectivity index (χ4v) is 7.58. The number of allylic oxidation sites excluding steroid dienone is 2. The summed E-state index contributed by atoms with van der Waals surface area (Å²) >= 11 is 0. The average molecular weight is 575 g/mol. The Morgan fingerprint density at radius 1 is 0.952 bits per heavy atom. The summed E-state index contributed by atoms with van der Waals surface area (Å²) in [7, 11) is 3.96. The predicted octanol–water partition coefficient (Wildman–Crippen LogP) is 3.41. The Labute approximate surface area is 241 Å². The summed E-state index contributed by atoms with van der Waals surface area (Å²) in [5.74, 6) is -6.11. The summed E-state index contributed by atoms with van der Waals surface area (Å²) in [6, 6.07) is 11.6. The van der Waals surface area contributed by atoms with E-state index in [1.807, 2.05) is 6.08 Å². The molecule has 0 aromatic heterocycles. The topological polar surface area (TPSA) is 140 Å². The lowest BCUT2D eigenvalue weighted by molar-refractivity contribution is -0.138. The van der Waals surface area contributed by atoms with Gasteiger partial charge in [0.25, 0.3) is 0 Å². The molecule has 2 aromatic carbocycles. The highest BCUT2D eigenvalue weighted by molar-refractivity contribution is 6.24. The van der Waals surface area contributed by atoms with Gasteiger partial charge in [-0.15, -0.1) is 0 Å². The number of methoxy groups -OCH3 is 3. The van der Waals surface area contributed by atoms with Gasteiger partial charge in [0, 0.05) is 23.6 Å². The van der Waals surface area contributed by atoms with Gasteiger partial charge in [-0.05, 0) is 37.8 Å². The number of fused-ring (bicyclic) bond motifs is 4. The maximum absolute atomic E-state index is 14.4. The summed E-state index contributed by atoms with van der Waals surface area (Å²) < 4.78 is 15.7. The van der Waals surface area contributed by atoms with E-state index in [0.29, 0.717) is 21.9 Å². The number of anilines is 1. The molecule has 0 bridgehead atoms. The van der Waals surface area contributed by atoms with Gasteiger partial charge in [0.05, 0.1) is 50.2 Å². The highest BCUT2D eigenvalue weighted by Crippen LogP contribution is 2.65. The quantitative estimate of drug-likeness (QED) is 0.430. The molecule has 42 heavy (non-hydrogen) atoms. The average Bonchev–Trinajstić information content (AvgIpc) is 3.36. The van der Waals surface area contributed by atoms with Crippen molar-refractivity contribution in [3.05, 3.63) is 59.7 Å². The molecule has 4 aliphatic rings. The molecule has 11 nitrogen and oxygen atoms in total. The van der Waals surface area contributed by atoms with Crippen molar-refractivity contribution >= 4 is 35.4 Å². The Morgan fingerprint density at radius 2 is 1.67 bits per heavy atom. The van der Waals surface area contributed by atoms with Crippen molar-refractivity contribution in [2.24, 2.45) is 29.1 Å². The minimum Gasteiger partial charge on any atom is -0.507 e. The molecule has 2 aromatic rings. The minimum absolute atomic E-state index is 0.0984. The van der Waals surface area contributed by atoms with Gasteiger partial charge in [0.15, 0.2) is 0 Å². The molecule has 0 radical (unpaired) electrons. The number of amides is 5. The lowest BCUT2D eigenvalue weighted by atomic mass is 9.51. The molecule has 1 N–H and O–H groups in total. The SMILES string of the molecule is COC(=O)N1C(=O)C2CC=C3C(CC4C(=O)N(c5ccccc5)C(=O)C4(C)C3c3c(O)cc(OC)cc3OC)C2C1=O. The first-order valence-corrected chi connectivity index (χ1v) is 13.6. The zero-order chi connectivity index (χ0) is 30.1. The number of hydrogen-bond acceptors (Lipinski definition) is 9. The third-order valence-corrected chi connectivity index (χ3v) is 9.48. The summed E-state index contributed by atoms with van der Waals surface area (Å²) in [6.07, 6.45) is 0.988. The number of likely N-dealkylation sites (tertiary alicyclic amines) is 1. The number of imide groups is 4. The van der Waals surface area contributed by atoms with Crippen molar-refractivity contribution in [3.8, 4) is 17.2 Å². The molecule has 2 saturated heterocycles. The van der Waals surface area contributed by atoms with E-state index in [9.17, 15) is 29.1 Å². The van der Waals surface area contributed by atoms with Crippen LogP contribution >= 0.6 is 0 Å². The van der Waals surface area contributed by atoms with Crippen molar-refractivity contribution in [3.63, 3.8) is 0 Å². The number of benzene rings is 2. The number of phenolic OH excluding ortho intramolecular Hbond substituents is 1. The molecule has 6 rings (SSSR count). The molecular weight excluding hydrogens is 544 g/mol. The van der Waals surface area contributed by atoms with Crippen molar-refractivity contribution in [1.82, 2.24) is 4.90 Å². The van der Waals surface area contributed by atoms with E-state index >= 15 is 0 Å². The maximum Gasteiger partial charge on any atom is 0.423 e. The Morgan fingerprint density at radius 3 is 2.31 bits per heavy atom. The van der Waals surface area contributed by atoms with E-state index in [2.05, 4.69) is 0 Å². The number of hydrogen-bond donors (Lipinski definition) is 1. The Balaban J connectivity index is 1.57. The highest BCUT2D eigenvalue weighted by Gasteiger charge is 2.68. The number of rotatable bonds is 4. The number of aromatic hydroxyl groups is 1. The highest BCUT2D eigenvalue weighted by atomic mass is 16.5. The Bertz CT molecular complexity index is 1570. The smallest absolute Gasteiger partial charge is 0.423 e. The Hall–Kier alpha value is -4.67. The van der Waals surface area contributed by atoms with Gasteiger partial charge in [-0.2, -0.15) is 4.90 Å². The van der Waals surface area contributed by atoms with E-state index in [1.54, 1.807) is 43.3 Å². The number of ether oxygens (including phenoxy) is 3. The van der Waals surface area contributed by atoms with Gasteiger partial charge in [-0.25, -0.2) is 9.69 Å². The molecule has 1 saturated carbocycles. The summed E-state index contributed by atoms with van der Waals surface area (Å²) in [4.78, 5) is 69.6. The second-order valence-electron chi connectivity index (χ2n) is 11.2. The van der Waals surface area contributed by atoms with Crippen molar-refractivity contribution in [2.45, 2.75) is 25.7 Å². The third kappa shape index (κ3) is 3.55. The molecular formula is C31H30N2O9. The largest absolute Gasteiger partial charge is 0.507 e. The number of para-hydroxylation sites is 1. The van der Waals surface area contributed by atoms with Crippen LogP contribution in [0.2, 0.25) is 0 Å². The zero-order valence-electron chi connectivity index (χ0n) is 23.5. The van der Waals surface area contributed by atoms with Crippen LogP contribution in [-0.4, -0.2) is 61.1 Å². The summed E-state index contributed by atoms with van der Waals surface area (Å²) in [5.41, 5.74) is -0.0584. The van der Waals surface area contributed by atoms with E-state index < -0.39 is 64.7 Å². The lowest BCUT2D eigenvalue weighted by Crippen LogP contribution is -2.49. The van der Waals surface area contributed by atoms with Crippen LogP contribution in [-0.2, 0) is 23.9 Å². The summed E-state index contributed by atoms with van der Waals surface area (Å²) in [5, 5.41) is 11.4. The summed E-state index contributed by atoms with van der Waals surface area (Å²) in [6.45, 7) is 1.71. The van der Waals surface area contributed by atoms with Crippen molar-refractivity contribution in [1.29, 1.82) is 0 Å². The molecule has 2 heterocycles. The van der Waals surface area contributed by atoms with Crippen LogP contribution in [0.5, 0.6) is 17.2 Å². The predicted molar refractivity (Wildman–Crippen MR) is 147 cm³/mol. The molecule has 6 atom stereocenters. The van der Waals surface area contributed by atoms with Crippen LogP contribution in [0.4, 0.5) is 10.5 Å². The molecule has 218 valence electrons. The fraction of sp³-hybridized carbons (Fsp3) is 0.387. The van der Waals surface area contributed by atoms with Crippen LogP contribution in [0.15, 0.2) is 54.1 Å². The van der Waals surface area contributed by atoms with Gasteiger partial charge in [-0.3, -0.25) is 19.2 Å². The van der Waals surface area contributed by atoms with E-state index in [0.717, 1.165) is 7.11 Å². The van der Waals surface area contributed by atoms with Crippen LogP contribution < -0.4 is 14.4 Å². The maximum atomic E-state index is 14.4. The number of nitrogens with zero attached hydrogens (tertiary/aromatic N) is 2. The molecule has 0 spiro atoms. The molecule has 3 fully saturated rings. The standard InChI is InChI=1S/C31H30N2O9/c1-31-20(27(36)32(29(31)38)15-8-6-5-7-9-15)14-19-17(25(31)24-21(34)12-16(40-2)13-22(24)41-3)10-11-18-23(19)28(37)33(26(18)35)30(39)42-4/h5-10,12-13,18-20,23,25,34H,11,14H2,1-4H3. The van der Waals surface area contributed by atoms with Gasteiger partial charge in [0.1, 0.15) is 17.2 Å². The van der Waals surface area contributed by atoms with Gasteiger partial charge >= 0.3 is 6.09 Å². The zero-order valence-corrected chi connectivity index (χ0v) is 23.5. The molecule has 2 aliphatic heterocycles. The van der Waals surface area contributed by atoms with Crippen LogP contribution in [0.25, 0.3) is 0 Å². The number of phenols is 1. The Kier molecular flexibility index (Phi) is 6.36. The fourth-order valence-electron chi connectivity index (χ4n) is 7.58. The lowest BCUT2D eigenvalue weighted by Gasteiger charge is -2.49. The second kappa shape index (κ2) is 9.71. The van der Waals surface area contributed by atoms with Crippen LogP contribution in [0, 0.1) is 29.1 Å². The molecule has 5 amide bonds. The van der Waals surface area contributed by atoms with E-state index in [-0.39, 0.29) is 29.9 Å². The van der Waals surface area contributed by atoms with Crippen molar-refractivity contribution in [2.75, 3.05) is 26.2 Å². The first-order chi connectivity index (χ1) is 20.1. The molecule has 2 aliphatic carbocycles. The first kappa shape index (κ1) is 27.5. The molecule has 11 heteroatoms. The monoisotopic (exact) mass is 574 g/mol. The van der Waals surface area contributed by atoms with Gasteiger partial charge in [-0.1, -0.05) is 29.8 Å². The van der Waals surface area contributed by atoms with Gasteiger partial charge in [0.2, 0.25) is 23.6 Å². The first-order valence-electron chi connectivity index (χ1n) is 13.6.